The van der Waals surface area contributed by atoms with Gasteiger partial charge in [-0.2, -0.15) is 0 Å². The van der Waals surface area contributed by atoms with Crippen LogP contribution in [0.5, 0.6) is 0 Å². The predicted octanol–water partition coefficient (Wildman–Crippen LogP) is 2.62. The third kappa shape index (κ3) is 4.39. The molecule has 2 aromatic rings. The number of rotatable bonds is 8. The molecule has 0 spiro atoms. The summed E-state index contributed by atoms with van der Waals surface area (Å²) < 4.78 is 1.63. The molecule has 8 heteroatoms. The largest absolute Gasteiger partial charge is 0.344 e. The maximum absolute atomic E-state index is 12.3. The lowest BCUT2D eigenvalue weighted by molar-refractivity contribution is -0.116. The van der Waals surface area contributed by atoms with Crippen LogP contribution in [0, 0.1) is 0 Å². The molecule has 25 heavy (non-hydrogen) atoms. The summed E-state index contributed by atoms with van der Waals surface area (Å²) in [4.78, 5) is 35.6. The lowest BCUT2D eigenvalue weighted by atomic mass is 10.1. The zero-order valence-corrected chi connectivity index (χ0v) is 14.8. The van der Waals surface area contributed by atoms with Crippen LogP contribution >= 0.6 is 11.8 Å². The van der Waals surface area contributed by atoms with Gasteiger partial charge in [-0.15, -0.1) is 5.10 Å². The van der Waals surface area contributed by atoms with Gasteiger partial charge in [0.25, 0.3) is 0 Å². The van der Waals surface area contributed by atoms with Gasteiger partial charge in [0.15, 0.2) is 10.9 Å². The van der Waals surface area contributed by atoms with Crippen molar-refractivity contribution in [3.8, 4) is 0 Å². The number of nitrogens with one attached hydrogen (secondary N) is 2. The minimum absolute atomic E-state index is 0.0336. The fourth-order valence-corrected chi connectivity index (χ4v) is 3.36. The number of carbonyl (C=O) groups is 2. The molecule has 0 unspecified atom stereocenters. The number of ketones is 1. The lowest BCUT2D eigenvalue weighted by Gasteiger charge is -2.06. The zero-order chi connectivity index (χ0) is 17.8. The van der Waals surface area contributed by atoms with E-state index in [0.29, 0.717) is 22.8 Å². The Morgan fingerprint density at radius 3 is 2.68 bits per heavy atom. The summed E-state index contributed by atoms with van der Waals surface area (Å²) in [6.45, 7) is 1.95. The molecule has 2 N–H and O–H groups in total. The monoisotopic (exact) mass is 360 g/mol. The van der Waals surface area contributed by atoms with E-state index < -0.39 is 0 Å². The molecule has 1 aliphatic rings. The van der Waals surface area contributed by atoms with Crippen molar-refractivity contribution >= 4 is 29.1 Å². The average Bonchev–Trinajstić information content (AvgIpc) is 3.36. The number of carbonyl (C=O) groups excluding carboxylic acids is 2. The Labute approximate surface area is 149 Å². The van der Waals surface area contributed by atoms with Crippen molar-refractivity contribution in [3.63, 3.8) is 0 Å². The topological polar surface area (TPSA) is 96.8 Å². The second kappa shape index (κ2) is 7.69. The molecule has 7 nitrogen and oxygen atoms in total. The SMILES string of the molecule is CCCC(=O)Nc1ccc(C(=O)CSc2n[nH]c(=O)n2C2CC2)cc1. The van der Waals surface area contributed by atoms with Crippen LogP contribution in [-0.4, -0.2) is 32.2 Å². The van der Waals surface area contributed by atoms with Gasteiger partial charge in [-0.05, 0) is 43.5 Å². The molecule has 1 fully saturated rings. The highest BCUT2D eigenvalue weighted by molar-refractivity contribution is 7.99. The fourth-order valence-electron chi connectivity index (χ4n) is 2.45. The molecule has 3 rings (SSSR count). The van der Waals surface area contributed by atoms with Crippen molar-refractivity contribution in [2.45, 2.75) is 43.8 Å². The van der Waals surface area contributed by atoms with Crippen molar-refractivity contribution < 1.29 is 9.59 Å². The molecule has 1 aromatic carbocycles. The Morgan fingerprint density at radius 2 is 2.04 bits per heavy atom. The molecule has 1 aromatic heterocycles. The highest BCUT2D eigenvalue weighted by atomic mass is 32.2. The van der Waals surface area contributed by atoms with Gasteiger partial charge in [-0.25, -0.2) is 9.89 Å². The number of benzene rings is 1. The number of amides is 1. The highest BCUT2D eigenvalue weighted by Crippen LogP contribution is 2.36. The molecule has 0 bridgehead atoms. The van der Waals surface area contributed by atoms with Crippen LogP contribution < -0.4 is 11.0 Å². The van der Waals surface area contributed by atoms with E-state index in [1.807, 2.05) is 6.92 Å². The molecule has 0 aliphatic heterocycles. The summed E-state index contributed by atoms with van der Waals surface area (Å²) in [5.74, 6) is 0.126. The van der Waals surface area contributed by atoms with Gasteiger partial charge in [0.2, 0.25) is 5.91 Å². The summed E-state index contributed by atoms with van der Waals surface area (Å²) in [7, 11) is 0. The normalized spacial score (nSPS) is 13.6. The number of anilines is 1. The van der Waals surface area contributed by atoms with Crippen molar-refractivity contribution in [1.29, 1.82) is 0 Å². The van der Waals surface area contributed by atoms with Crippen molar-refractivity contribution in [1.82, 2.24) is 14.8 Å². The molecule has 0 saturated heterocycles. The minimum atomic E-state index is -0.218. The van der Waals surface area contributed by atoms with E-state index in [9.17, 15) is 14.4 Å². The third-order valence-electron chi connectivity index (χ3n) is 3.88. The summed E-state index contributed by atoms with van der Waals surface area (Å²) in [6.07, 6.45) is 3.22. The lowest BCUT2D eigenvalue weighted by Crippen LogP contribution is -2.16. The number of aromatic amines is 1. The number of aromatic nitrogens is 3. The molecular weight excluding hydrogens is 340 g/mol. The van der Waals surface area contributed by atoms with Gasteiger partial charge >= 0.3 is 5.69 Å². The molecule has 0 radical (unpaired) electrons. The fraction of sp³-hybridized carbons (Fsp3) is 0.412. The van der Waals surface area contributed by atoms with Crippen LogP contribution in [0.4, 0.5) is 5.69 Å². The quantitative estimate of drug-likeness (QED) is 0.557. The van der Waals surface area contributed by atoms with Crippen LogP contribution in [0.15, 0.2) is 34.2 Å². The second-order valence-corrected chi connectivity index (χ2v) is 6.94. The summed E-state index contributed by atoms with van der Waals surface area (Å²) in [6, 6.07) is 7.06. The van der Waals surface area contributed by atoms with Crippen LogP contribution in [0.3, 0.4) is 0 Å². The Morgan fingerprint density at radius 1 is 1.32 bits per heavy atom. The molecule has 1 aliphatic carbocycles. The predicted molar refractivity (Wildman–Crippen MR) is 96.2 cm³/mol. The maximum atomic E-state index is 12.3. The van der Waals surface area contributed by atoms with E-state index in [2.05, 4.69) is 15.5 Å². The minimum Gasteiger partial charge on any atom is -0.326 e. The number of thioether (sulfide) groups is 1. The van der Waals surface area contributed by atoms with Gasteiger partial charge in [-0.1, -0.05) is 18.7 Å². The Hall–Kier alpha value is -2.35. The summed E-state index contributed by atoms with van der Waals surface area (Å²) in [5, 5.41) is 9.79. The van der Waals surface area contributed by atoms with Crippen molar-refractivity contribution in [2.75, 3.05) is 11.1 Å². The van der Waals surface area contributed by atoms with Crippen LogP contribution in [-0.2, 0) is 4.79 Å². The molecule has 0 atom stereocenters. The first kappa shape index (κ1) is 17.5. The standard InChI is InChI=1S/C17H20N4O3S/c1-2-3-15(23)18-12-6-4-11(5-7-12)14(22)10-25-17-20-19-16(24)21(17)13-8-9-13/h4-7,13H,2-3,8-10H2,1H3,(H,18,23)(H,19,24). The Bertz CT molecular complexity index is 821. The van der Waals surface area contributed by atoms with Crippen molar-refractivity contribution in [2.24, 2.45) is 0 Å². The van der Waals surface area contributed by atoms with E-state index in [1.165, 1.54) is 11.8 Å². The molecule has 1 heterocycles. The van der Waals surface area contributed by atoms with Gasteiger partial charge in [0.05, 0.1) is 5.75 Å². The van der Waals surface area contributed by atoms with Crippen LogP contribution in [0.25, 0.3) is 0 Å². The van der Waals surface area contributed by atoms with Crippen LogP contribution in [0.1, 0.15) is 49.0 Å². The number of hydrogen-bond donors (Lipinski definition) is 2. The highest BCUT2D eigenvalue weighted by Gasteiger charge is 2.28. The van der Waals surface area contributed by atoms with Gasteiger partial charge in [0, 0.05) is 23.7 Å². The number of nitrogens with zero attached hydrogens (tertiary/aromatic N) is 2. The first-order chi connectivity index (χ1) is 12.1. The Balaban J connectivity index is 1.58. The Kier molecular flexibility index (Phi) is 5.37. The van der Waals surface area contributed by atoms with E-state index in [0.717, 1.165) is 19.3 Å². The number of H-pyrrole nitrogens is 1. The van der Waals surface area contributed by atoms with Gasteiger partial charge < -0.3 is 5.32 Å². The third-order valence-corrected chi connectivity index (χ3v) is 4.84. The van der Waals surface area contributed by atoms with Gasteiger partial charge in [-0.3, -0.25) is 14.2 Å². The van der Waals surface area contributed by atoms with Crippen molar-refractivity contribution in [3.05, 3.63) is 40.3 Å². The van der Waals surface area contributed by atoms with Gasteiger partial charge in [0.1, 0.15) is 0 Å². The molecular formula is C17H20N4O3S. The molecule has 1 saturated carbocycles. The second-order valence-electron chi connectivity index (χ2n) is 6.00. The van der Waals surface area contributed by atoms with Crippen LogP contribution in [0.2, 0.25) is 0 Å². The molecule has 132 valence electrons. The van der Waals surface area contributed by atoms with E-state index in [1.54, 1.807) is 28.8 Å². The summed E-state index contributed by atoms with van der Waals surface area (Å²) >= 11 is 1.26. The van der Waals surface area contributed by atoms with E-state index in [4.69, 9.17) is 0 Å². The van der Waals surface area contributed by atoms with E-state index in [-0.39, 0.29) is 29.2 Å². The molecule has 1 amide bonds. The summed E-state index contributed by atoms with van der Waals surface area (Å²) in [5.41, 5.74) is 1.03. The van der Waals surface area contributed by atoms with E-state index >= 15 is 0 Å². The number of Topliss-reactive ketones (excluding diaryl/α,β-unsaturated/α-hetero) is 1. The first-order valence-electron chi connectivity index (χ1n) is 8.31. The smallest absolute Gasteiger partial charge is 0.326 e. The average molecular weight is 360 g/mol. The zero-order valence-electron chi connectivity index (χ0n) is 13.9. The number of hydrogen-bond acceptors (Lipinski definition) is 5. The first-order valence-corrected chi connectivity index (χ1v) is 9.30. The maximum Gasteiger partial charge on any atom is 0.344 e.